The predicted molar refractivity (Wildman–Crippen MR) is 254 cm³/mol. The molecule has 4 aromatic rings. The number of alkyl carbamates (subject to hydrolysis) is 2. The van der Waals surface area contributed by atoms with Gasteiger partial charge in [-0.3, -0.25) is 19.2 Å². The van der Waals surface area contributed by atoms with Gasteiger partial charge < -0.3 is 58.8 Å². The first-order valence-corrected chi connectivity index (χ1v) is 23.4. The lowest BCUT2D eigenvalue weighted by atomic mass is 9.93. The molecule has 4 heterocycles. The Morgan fingerprint density at radius 3 is 1.31 bits per heavy atom. The molecule has 0 aliphatic carbocycles. The molecule has 2 aromatic heterocycles. The summed E-state index contributed by atoms with van der Waals surface area (Å²) >= 11 is 0. The molecule has 18 nitrogen and oxygen atoms in total. The minimum absolute atomic E-state index is 0.0192. The summed E-state index contributed by atoms with van der Waals surface area (Å²) in [6.07, 6.45) is -4.45. The molecule has 0 bridgehead atoms. The van der Waals surface area contributed by atoms with Gasteiger partial charge in [0, 0.05) is 75.8 Å². The van der Waals surface area contributed by atoms with Gasteiger partial charge in [0.05, 0.1) is 35.7 Å². The number of rotatable bonds is 15. The predicted octanol–water partition coefficient (Wildman–Crippen LogP) is 6.60. The average Bonchev–Trinajstić information content (AvgIpc) is 4.02. The molecule has 70 heavy (non-hydrogen) atoms. The lowest BCUT2D eigenvalue weighted by molar-refractivity contribution is -0.150. The molecule has 2 aliphatic heterocycles. The number of amides is 4. The van der Waals surface area contributed by atoms with Gasteiger partial charge in [-0.05, 0) is 116 Å². The summed E-state index contributed by atoms with van der Waals surface area (Å²) in [6.45, 7) is 16.2. The third kappa shape index (κ3) is 12.4. The number of ether oxygens (including phenoxy) is 6. The van der Waals surface area contributed by atoms with Gasteiger partial charge in [-0.1, -0.05) is 0 Å². The van der Waals surface area contributed by atoms with Crippen LogP contribution < -0.4 is 10.6 Å². The molecule has 6 rings (SSSR count). The number of methoxy groups -OCH3 is 2. The number of carbonyl (C=O) groups is 6. The number of likely N-dealkylation sites (tertiary alicyclic amines) is 2. The second-order valence-corrected chi connectivity index (χ2v) is 19.9. The lowest BCUT2D eigenvalue weighted by Gasteiger charge is -2.33. The average molecular weight is 981 g/mol. The fourth-order valence-electron chi connectivity index (χ4n) is 9.37. The minimum Gasteiger partial charge on any atom is -0.460 e. The summed E-state index contributed by atoms with van der Waals surface area (Å²) in [4.78, 5) is 90.8. The van der Waals surface area contributed by atoms with E-state index in [1.807, 2.05) is 0 Å². The van der Waals surface area contributed by atoms with Crippen LogP contribution in [0.15, 0.2) is 36.4 Å². The molecular weight excluding hydrogens is 915 g/mol. The van der Waals surface area contributed by atoms with Crippen molar-refractivity contribution >= 4 is 57.7 Å². The van der Waals surface area contributed by atoms with Crippen molar-refractivity contribution in [2.24, 2.45) is 0 Å². The van der Waals surface area contributed by atoms with E-state index in [4.69, 9.17) is 28.4 Å². The summed E-state index contributed by atoms with van der Waals surface area (Å²) in [5.41, 5.74) is 0.954. The molecule has 4 amide bonds. The van der Waals surface area contributed by atoms with Crippen LogP contribution >= 0.6 is 0 Å². The van der Waals surface area contributed by atoms with E-state index in [1.54, 1.807) is 67.5 Å². The van der Waals surface area contributed by atoms with Gasteiger partial charge in [-0.15, -0.1) is 0 Å². The van der Waals surface area contributed by atoms with Crippen molar-refractivity contribution in [2.45, 2.75) is 155 Å². The van der Waals surface area contributed by atoms with Crippen LogP contribution in [0.3, 0.4) is 0 Å². The van der Waals surface area contributed by atoms with Crippen LogP contribution in [0.4, 0.5) is 18.4 Å². The van der Waals surface area contributed by atoms with Gasteiger partial charge >= 0.3 is 24.1 Å². The maximum Gasteiger partial charge on any atom is 0.408 e. The number of hydrogen-bond acceptors (Lipinski definition) is 12. The standard InChI is InChI=1S/C50H66F2N6O12/c1-25(65-11)41(55-47(63)69-49(5,6)7)45(61)57-19-17-39(67-27(3)59)37(57)23-33-31-15-13-29(51)21-35(31)53-43(33)44-34(32-16-14-30(52)22-36(32)54-44)24-38-40(68-28(4)60)18-20-58(38)46(62)42(26(2)66-12)56-48(64)70-50(8,9)10/h13-16,21-22,25-26,37-42,53-54H,17-20,23-24H2,1-12H3,(H,55,63)(H,56,64)/t25-,26-,37-,38-,39+,40+,41+,42+/m1/s1. The van der Waals surface area contributed by atoms with Gasteiger partial charge in [0.25, 0.3) is 0 Å². The summed E-state index contributed by atoms with van der Waals surface area (Å²) in [6, 6.07) is 4.26. The van der Waals surface area contributed by atoms with Crippen LogP contribution in [0.25, 0.3) is 33.2 Å². The molecule has 2 aliphatic rings. The minimum atomic E-state index is -1.22. The molecule has 0 unspecified atom stereocenters. The highest BCUT2D eigenvalue weighted by molar-refractivity contribution is 5.97. The molecule has 2 fully saturated rings. The Labute approximate surface area is 405 Å². The number of aromatic amines is 2. The number of halogens is 2. The van der Waals surface area contributed by atoms with Crippen molar-refractivity contribution in [3.05, 3.63) is 59.2 Å². The van der Waals surface area contributed by atoms with E-state index in [-0.39, 0.29) is 38.8 Å². The number of nitrogens with zero attached hydrogens (tertiary/aromatic N) is 2. The SMILES string of the molecule is CO[C@H](C)[C@H](NC(=O)OC(C)(C)C)C(=O)N1CC[C@H](OC(C)=O)[C@H]1Cc1c(-c2[nH]c3cc(F)ccc3c2C[C@@H]2[C@@H](OC(C)=O)CCN2C(=O)[C@@H](NC(=O)OC(C)(C)C)[C@@H](C)OC)[nH]c2cc(F)ccc12. The lowest BCUT2D eigenvalue weighted by Crippen LogP contribution is -2.57. The Hall–Kier alpha value is -6.28. The zero-order chi connectivity index (χ0) is 51.6. The van der Waals surface area contributed by atoms with E-state index in [0.717, 1.165) is 0 Å². The summed E-state index contributed by atoms with van der Waals surface area (Å²) in [5, 5.41) is 6.45. The van der Waals surface area contributed by atoms with Crippen molar-refractivity contribution < 1.29 is 66.0 Å². The smallest absolute Gasteiger partial charge is 0.408 e. The Bertz CT molecular complexity index is 2420. The first-order valence-electron chi connectivity index (χ1n) is 23.4. The molecular formula is C50H66F2N6O12. The summed E-state index contributed by atoms with van der Waals surface area (Å²) in [7, 11) is 2.81. The fourth-order valence-corrected chi connectivity index (χ4v) is 9.37. The maximum atomic E-state index is 15.1. The second kappa shape index (κ2) is 21.4. The maximum absolute atomic E-state index is 15.1. The molecule has 4 N–H and O–H groups in total. The number of nitrogens with one attached hydrogen (secondary N) is 4. The normalized spacial score (nSPS) is 20.2. The van der Waals surface area contributed by atoms with E-state index in [0.29, 0.717) is 44.3 Å². The summed E-state index contributed by atoms with van der Waals surface area (Å²) in [5.74, 6) is -3.32. The number of carbonyl (C=O) groups excluding carboxylic acids is 6. The molecule has 20 heteroatoms. The zero-order valence-electron chi connectivity index (χ0n) is 41.9. The number of fused-ring (bicyclic) bond motifs is 2. The molecule has 0 saturated carbocycles. The van der Waals surface area contributed by atoms with Crippen molar-refractivity contribution in [1.82, 2.24) is 30.4 Å². The number of aromatic nitrogens is 2. The third-order valence-corrected chi connectivity index (χ3v) is 12.5. The molecule has 382 valence electrons. The highest BCUT2D eigenvalue weighted by atomic mass is 19.1. The Morgan fingerprint density at radius 2 is 1.00 bits per heavy atom. The van der Waals surface area contributed by atoms with Gasteiger partial charge in [-0.2, -0.15) is 0 Å². The topological polar surface area (TPSA) is 220 Å². The van der Waals surface area contributed by atoms with Crippen molar-refractivity contribution in [3.8, 4) is 11.4 Å². The van der Waals surface area contributed by atoms with Crippen LogP contribution in [-0.4, -0.2) is 143 Å². The van der Waals surface area contributed by atoms with Gasteiger partial charge in [-0.25, -0.2) is 18.4 Å². The van der Waals surface area contributed by atoms with E-state index < -0.39 is 107 Å². The number of H-pyrrole nitrogens is 2. The Balaban J connectivity index is 1.49. The first kappa shape index (κ1) is 53.1. The van der Waals surface area contributed by atoms with Crippen molar-refractivity contribution in [3.63, 3.8) is 0 Å². The van der Waals surface area contributed by atoms with Gasteiger partial charge in [0.1, 0.15) is 47.1 Å². The van der Waals surface area contributed by atoms with E-state index in [2.05, 4.69) is 20.6 Å². The van der Waals surface area contributed by atoms with Crippen LogP contribution in [0, 0.1) is 11.6 Å². The number of benzene rings is 2. The van der Waals surface area contributed by atoms with E-state index in [1.165, 1.54) is 62.1 Å². The highest BCUT2D eigenvalue weighted by Gasteiger charge is 2.46. The molecule has 0 spiro atoms. The summed E-state index contributed by atoms with van der Waals surface area (Å²) < 4.78 is 64.1. The fraction of sp³-hybridized carbons (Fsp3) is 0.560. The second-order valence-electron chi connectivity index (χ2n) is 19.9. The zero-order valence-corrected chi connectivity index (χ0v) is 41.9. The number of hydrogen-bond donors (Lipinski definition) is 4. The van der Waals surface area contributed by atoms with Crippen LogP contribution in [-0.2, 0) is 60.4 Å². The van der Waals surface area contributed by atoms with Crippen LogP contribution in [0.2, 0.25) is 0 Å². The Kier molecular flexibility index (Phi) is 16.2. The first-order chi connectivity index (χ1) is 32.8. The van der Waals surface area contributed by atoms with Crippen LogP contribution in [0.5, 0.6) is 0 Å². The van der Waals surface area contributed by atoms with Gasteiger partial charge in [0.15, 0.2) is 0 Å². The van der Waals surface area contributed by atoms with E-state index in [9.17, 15) is 28.8 Å². The highest BCUT2D eigenvalue weighted by Crippen LogP contribution is 2.41. The van der Waals surface area contributed by atoms with Crippen molar-refractivity contribution in [2.75, 3.05) is 27.3 Å². The van der Waals surface area contributed by atoms with Crippen LogP contribution in [0.1, 0.15) is 93.2 Å². The quantitative estimate of drug-likeness (QED) is 0.0732. The molecule has 0 radical (unpaired) electrons. The monoisotopic (exact) mass is 980 g/mol. The Morgan fingerprint density at radius 1 is 0.643 bits per heavy atom. The molecule has 8 atom stereocenters. The molecule has 2 aromatic carbocycles. The third-order valence-electron chi connectivity index (χ3n) is 12.5. The van der Waals surface area contributed by atoms with Crippen molar-refractivity contribution in [1.29, 1.82) is 0 Å². The largest absolute Gasteiger partial charge is 0.460 e. The van der Waals surface area contributed by atoms with E-state index >= 15 is 8.78 Å². The molecule has 2 saturated heterocycles. The number of esters is 2. The van der Waals surface area contributed by atoms with Gasteiger partial charge in [0.2, 0.25) is 11.8 Å².